The lowest BCUT2D eigenvalue weighted by Crippen LogP contribution is -2.29. The van der Waals surface area contributed by atoms with Crippen molar-refractivity contribution in [3.63, 3.8) is 0 Å². The van der Waals surface area contributed by atoms with Gasteiger partial charge in [-0.25, -0.2) is 14.2 Å². The predicted octanol–water partition coefficient (Wildman–Crippen LogP) is 6.00. The Morgan fingerprint density at radius 3 is 2.18 bits per heavy atom. The van der Waals surface area contributed by atoms with Crippen molar-refractivity contribution in [3.05, 3.63) is 131 Å². The molecule has 1 fully saturated rings. The van der Waals surface area contributed by atoms with Crippen LogP contribution in [0.15, 0.2) is 95.6 Å². The fraction of sp³-hybridized carbons (Fsp3) is 0.206. The summed E-state index contributed by atoms with van der Waals surface area (Å²) in [5.41, 5.74) is 2.16. The van der Waals surface area contributed by atoms with Gasteiger partial charge in [0.2, 0.25) is 11.6 Å². The van der Waals surface area contributed by atoms with Crippen LogP contribution in [0.25, 0.3) is 0 Å². The number of ether oxygens (including phenoxy) is 3. The molecule has 4 atom stereocenters. The van der Waals surface area contributed by atoms with Crippen LogP contribution in [-0.2, 0) is 0 Å². The highest BCUT2D eigenvalue weighted by molar-refractivity contribution is 5.98. The molecule has 1 amide bonds. The second-order valence-electron chi connectivity index (χ2n) is 10.5. The minimum absolute atomic E-state index is 0.0139. The molecule has 2 aromatic heterocycles. The maximum Gasteiger partial charge on any atom is 0.343 e. The number of rotatable bonds is 10. The van der Waals surface area contributed by atoms with Crippen LogP contribution < -0.4 is 19.5 Å². The summed E-state index contributed by atoms with van der Waals surface area (Å²) in [6.45, 7) is 1.70. The Morgan fingerprint density at radius 2 is 1.53 bits per heavy atom. The maximum absolute atomic E-state index is 13.7. The molecule has 45 heavy (non-hydrogen) atoms. The first-order valence-electron chi connectivity index (χ1n) is 14.2. The average molecular weight is 609 g/mol. The van der Waals surface area contributed by atoms with E-state index in [4.69, 9.17) is 18.7 Å². The lowest BCUT2D eigenvalue weighted by Gasteiger charge is -2.14. The number of carbonyl (C=O) groups excluding carboxylic acids is 2. The molecule has 5 aromatic rings. The molecule has 11 heteroatoms. The molecule has 0 aliphatic heterocycles. The predicted molar refractivity (Wildman–Crippen MR) is 160 cm³/mol. The number of amides is 1. The van der Waals surface area contributed by atoms with Crippen molar-refractivity contribution in [2.24, 2.45) is 0 Å². The molecule has 0 radical (unpaired) electrons. The Labute approximate surface area is 258 Å². The van der Waals surface area contributed by atoms with E-state index < -0.39 is 17.9 Å². The Morgan fingerprint density at radius 1 is 0.867 bits per heavy atom. The minimum atomic E-state index is -0.692. The number of benzene rings is 3. The number of nitrogens with zero attached hydrogens (tertiary/aromatic N) is 3. The summed E-state index contributed by atoms with van der Waals surface area (Å²) < 4.78 is 35.6. The molecule has 228 valence electrons. The second-order valence-corrected chi connectivity index (χ2v) is 10.5. The van der Waals surface area contributed by atoms with Crippen LogP contribution in [0, 0.1) is 5.82 Å². The van der Waals surface area contributed by atoms with Crippen molar-refractivity contribution in [2.75, 3.05) is 14.2 Å². The Kier molecular flexibility index (Phi) is 8.24. The minimum Gasteiger partial charge on any atom is -0.497 e. The molecule has 1 aliphatic carbocycles. The van der Waals surface area contributed by atoms with Crippen molar-refractivity contribution in [1.82, 2.24) is 20.4 Å². The number of methoxy groups -OCH3 is 2. The number of nitrogens with one attached hydrogen (secondary N) is 1. The molecule has 1 saturated carbocycles. The van der Waals surface area contributed by atoms with Crippen molar-refractivity contribution >= 4 is 11.9 Å². The van der Waals surface area contributed by atoms with Gasteiger partial charge in [0.1, 0.15) is 11.6 Å². The summed E-state index contributed by atoms with van der Waals surface area (Å²) in [5, 5.41) is 6.96. The molecule has 10 nitrogen and oxygen atoms in total. The molecule has 3 aromatic carbocycles. The van der Waals surface area contributed by atoms with Gasteiger partial charge in [-0.1, -0.05) is 47.6 Å². The fourth-order valence-electron chi connectivity index (χ4n) is 5.42. The van der Waals surface area contributed by atoms with Crippen molar-refractivity contribution in [2.45, 2.75) is 30.7 Å². The highest BCUT2D eigenvalue weighted by Crippen LogP contribution is 2.65. The fourth-order valence-corrected chi connectivity index (χ4v) is 5.42. The zero-order valence-corrected chi connectivity index (χ0v) is 24.6. The third-order valence-corrected chi connectivity index (χ3v) is 7.76. The lowest BCUT2D eigenvalue weighted by molar-refractivity contribution is 0.0725. The first-order chi connectivity index (χ1) is 21.9. The van der Waals surface area contributed by atoms with Crippen molar-refractivity contribution < 1.29 is 32.7 Å². The Balaban J connectivity index is 1.22. The smallest absolute Gasteiger partial charge is 0.343 e. The van der Waals surface area contributed by atoms with Gasteiger partial charge in [0, 0.05) is 24.1 Å². The number of pyridine rings is 1. The SMILES string of the molecule is COc1ccc(C2C(c3ccc(F)cc3)C2c2nc([C@H](C)NC(=O)c3nccc(OC)c3OC(=O)c3ccccc3)no2)cc1. The van der Waals surface area contributed by atoms with Gasteiger partial charge in [0.25, 0.3) is 5.91 Å². The van der Waals surface area contributed by atoms with Crippen LogP contribution in [0.1, 0.15) is 74.4 Å². The Bertz CT molecular complexity index is 1810. The van der Waals surface area contributed by atoms with Gasteiger partial charge in [-0.2, -0.15) is 4.98 Å². The highest BCUT2D eigenvalue weighted by atomic mass is 19.1. The van der Waals surface area contributed by atoms with Crippen molar-refractivity contribution in [1.29, 1.82) is 0 Å². The molecule has 1 N–H and O–H groups in total. The zero-order chi connectivity index (χ0) is 31.5. The average Bonchev–Trinajstić information content (AvgIpc) is 3.61. The number of carbonyl (C=O) groups is 2. The standard InChI is InChI=1S/C34H29FN4O6/c1-19(37-32(40)29-30(25(43-3)17-18-36-29)44-34(41)22-7-5-4-6-8-22)31-38-33(45-39-31)28-26(20-9-13-23(35)14-10-20)27(28)21-11-15-24(42-2)16-12-21/h4-19,26-28H,1-3H3,(H,37,40)/t19-,26?,27?,28?/m0/s1. The lowest BCUT2D eigenvalue weighted by atomic mass is 10.0. The molecule has 2 heterocycles. The van der Waals surface area contributed by atoms with E-state index in [-0.39, 0.29) is 46.6 Å². The zero-order valence-electron chi connectivity index (χ0n) is 24.6. The van der Waals surface area contributed by atoms with Gasteiger partial charge in [0.05, 0.1) is 31.7 Å². The highest BCUT2D eigenvalue weighted by Gasteiger charge is 2.56. The van der Waals surface area contributed by atoms with E-state index in [1.807, 2.05) is 24.3 Å². The number of hydrogen-bond acceptors (Lipinski definition) is 9. The molecule has 0 saturated heterocycles. The summed E-state index contributed by atoms with van der Waals surface area (Å²) in [5.74, 6) is -0.324. The van der Waals surface area contributed by atoms with Crippen LogP contribution in [-0.4, -0.2) is 41.2 Å². The topological polar surface area (TPSA) is 126 Å². The first kappa shape index (κ1) is 29.5. The summed E-state index contributed by atoms with van der Waals surface area (Å²) in [7, 11) is 3.01. The molecule has 1 aliphatic rings. The summed E-state index contributed by atoms with van der Waals surface area (Å²) >= 11 is 0. The largest absolute Gasteiger partial charge is 0.497 e. The van der Waals surface area contributed by atoms with Gasteiger partial charge in [-0.15, -0.1) is 0 Å². The van der Waals surface area contributed by atoms with Gasteiger partial charge in [0.15, 0.2) is 17.3 Å². The van der Waals surface area contributed by atoms with Gasteiger partial charge in [-0.3, -0.25) is 4.79 Å². The molecule has 0 bridgehead atoms. The number of esters is 1. The van der Waals surface area contributed by atoms with Crippen molar-refractivity contribution in [3.8, 4) is 17.2 Å². The van der Waals surface area contributed by atoms with E-state index in [0.717, 1.165) is 16.9 Å². The molecule has 6 rings (SSSR count). The molecule has 3 unspecified atom stereocenters. The molecular formula is C34H29FN4O6. The van der Waals surface area contributed by atoms with E-state index in [1.54, 1.807) is 56.5 Å². The third kappa shape index (κ3) is 6.10. The normalized spacial score (nSPS) is 17.6. The van der Waals surface area contributed by atoms with Gasteiger partial charge < -0.3 is 24.1 Å². The number of halogens is 1. The van der Waals surface area contributed by atoms with Crippen LogP contribution in [0.4, 0.5) is 4.39 Å². The van der Waals surface area contributed by atoms with E-state index >= 15 is 0 Å². The molecular weight excluding hydrogens is 579 g/mol. The summed E-state index contributed by atoms with van der Waals surface area (Å²) in [4.78, 5) is 35.0. The molecule has 0 spiro atoms. The van der Waals surface area contributed by atoms with Crippen LogP contribution in [0.3, 0.4) is 0 Å². The Hall–Kier alpha value is -5.58. The monoisotopic (exact) mass is 608 g/mol. The van der Waals surface area contributed by atoms with E-state index in [2.05, 4.69) is 20.4 Å². The maximum atomic E-state index is 13.7. The van der Waals surface area contributed by atoms with Crippen LogP contribution >= 0.6 is 0 Å². The first-order valence-corrected chi connectivity index (χ1v) is 14.2. The van der Waals surface area contributed by atoms with E-state index in [1.165, 1.54) is 31.5 Å². The van der Waals surface area contributed by atoms with E-state index in [0.29, 0.717) is 11.5 Å². The summed E-state index contributed by atoms with van der Waals surface area (Å²) in [6, 6.07) is 23.3. The van der Waals surface area contributed by atoms with Gasteiger partial charge in [-0.05, 0) is 54.4 Å². The van der Waals surface area contributed by atoms with Crippen LogP contribution in [0.5, 0.6) is 17.2 Å². The second kappa shape index (κ2) is 12.6. The number of aromatic nitrogens is 3. The third-order valence-electron chi connectivity index (χ3n) is 7.76. The summed E-state index contributed by atoms with van der Waals surface area (Å²) in [6.07, 6.45) is 1.38. The number of hydrogen-bond donors (Lipinski definition) is 1. The van der Waals surface area contributed by atoms with Crippen LogP contribution in [0.2, 0.25) is 0 Å². The quantitative estimate of drug-likeness (QED) is 0.190. The van der Waals surface area contributed by atoms with E-state index in [9.17, 15) is 14.0 Å². The van der Waals surface area contributed by atoms with Gasteiger partial charge >= 0.3 is 5.97 Å².